The molecule has 5 rings (SSSR count). The lowest BCUT2D eigenvalue weighted by Gasteiger charge is -2.28. The predicted octanol–water partition coefficient (Wildman–Crippen LogP) is 4.79. The van der Waals surface area contributed by atoms with Crippen molar-refractivity contribution < 1.29 is 17.9 Å². The third kappa shape index (κ3) is 4.77. The fraction of sp³-hybridized carbons (Fsp3) is 0.160. The fourth-order valence-electron chi connectivity index (χ4n) is 3.90. The van der Waals surface area contributed by atoms with E-state index in [-0.39, 0.29) is 15.5 Å². The molecule has 0 unspecified atom stereocenters. The van der Waals surface area contributed by atoms with Gasteiger partial charge in [-0.1, -0.05) is 30.3 Å². The Labute approximate surface area is 202 Å². The van der Waals surface area contributed by atoms with Gasteiger partial charge in [0.15, 0.2) is 0 Å². The first kappa shape index (κ1) is 22.4. The van der Waals surface area contributed by atoms with E-state index < -0.39 is 15.9 Å². The second kappa shape index (κ2) is 9.46. The Morgan fingerprint density at radius 3 is 2.29 bits per heavy atom. The molecule has 1 aliphatic heterocycles. The molecule has 0 spiro atoms. The highest BCUT2D eigenvalue weighted by Gasteiger charge is 2.21. The molecule has 9 heteroatoms. The van der Waals surface area contributed by atoms with Crippen molar-refractivity contribution in [1.29, 1.82) is 0 Å². The second-order valence-electron chi connectivity index (χ2n) is 7.88. The van der Waals surface area contributed by atoms with Gasteiger partial charge in [0.05, 0.1) is 24.5 Å². The van der Waals surface area contributed by atoms with Gasteiger partial charge < -0.3 is 15.0 Å². The van der Waals surface area contributed by atoms with Crippen molar-refractivity contribution in [3.05, 3.63) is 83.7 Å². The number of ether oxygens (including phenoxy) is 1. The first-order chi connectivity index (χ1) is 16.5. The normalized spacial score (nSPS) is 14.2. The molecule has 1 aromatic heterocycles. The molecule has 0 saturated carbocycles. The molecule has 3 aromatic carbocycles. The van der Waals surface area contributed by atoms with Crippen molar-refractivity contribution >= 4 is 55.1 Å². The molecule has 0 bridgehead atoms. The van der Waals surface area contributed by atoms with Crippen LogP contribution in [0.25, 0.3) is 10.8 Å². The summed E-state index contributed by atoms with van der Waals surface area (Å²) >= 11 is 1.12. The number of thiophene rings is 1. The number of hydrogen-bond acceptors (Lipinski definition) is 6. The first-order valence-electron chi connectivity index (χ1n) is 10.8. The van der Waals surface area contributed by atoms with Crippen LogP contribution in [0.4, 0.5) is 17.1 Å². The van der Waals surface area contributed by atoms with E-state index >= 15 is 0 Å². The van der Waals surface area contributed by atoms with Gasteiger partial charge in [-0.2, -0.15) is 0 Å². The van der Waals surface area contributed by atoms with Gasteiger partial charge in [0.1, 0.15) is 4.21 Å². The van der Waals surface area contributed by atoms with Crippen molar-refractivity contribution in [2.75, 3.05) is 41.2 Å². The van der Waals surface area contributed by atoms with Crippen LogP contribution in [0.15, 0.2) is 82.4 Å². The molecular formula is C25H23N3O4S2. The van der Waals surface area contributed by atoms with Crippen LogP contribution < -0.4 is 14.9 Å². The number of carbonyl (C=O) groups excluding carboxylic acids is 1. The number of rotatable bonds is 6. The van der Waals surface area contributed by atoms with Crippen LogP contribution >= 0.6 is 11.3 Å². The SMILES string of the molecule is O=C(Nc1ccc(N2CCOCC2)cc1)c1cc2ccccc2cc1NS(=O)(=O)c1cccs1. The van der Waals surface area contributed by atoms with Crippen molar-refractivity contribution in [2.45, 2.75) is 4.21 Å². The van der Waals surface area contributed by atoms with E-state index in [1.165, 1.54) is 6.07 Å². The summed E-state index contributed by atoms with van der Waals surface area (Å²) in [5, 5.41) is 6.27. The third-order valence-electron chi connectivity index (χ3n) is 5.64. The fourth-order valence-corrected chi connectivity index (χ4v) is 5.96. The van der Waals surface area contributed by atoms with Crippen LogP contribution in [-0.4, -0.2) is 40.6 Å². The topological polar surface area (TPSA) is 87.7 Å². The summed E-state index contributed by atoms with van der Waals surface area (Å²) in [6.45, 7) is 3.06. The van der Waals surface area contributed by atoms with Gasteiger partial charge in [-0.25, -0.2) is 8.42 Å². The Morgan fingerprint density at radius 1 is 0.912 bits per heavy atom. The lowest BCUT2D eigenvalue weighted by Crippen LogP contribution is -2.36. The van der Waals surface area contributed by atoms with E-state index in [0.717, 1.165) is 40.9 Å². The Balaban J connectivity index is 1.43. The largest absolute Gasteiger partial charge is 0.378 e. The predicted molar refractivity (Wildman–Crippen MR) is 137 cm³/mol. The molecule has 2 N–H and O–H groups in total. The summed E-state index contributed by atoms with van der Waals surface area (Å²) in [6.07, 6.45) is 0. The lowest BCUT2D eigenvalue weighted by molar-refractivity contribution is 0.102. The van der Waals surface area contributed by atoms with E-state index in [1.54, 1.807) is 23.6 Å². The summed E-state index contributed by atoms with van der Waals surface area (Å²) in [4.78, 5) is 15.5. The van der Waals surface area contributed by atoms with Crippen molar-refractivity contribution in [3.63, 3.8) is 0 Å². The number of benzene rings is 3. The summed E-state index contributed by atoms with van der Waals surface area (Å²) in [5.74, 6) is -0.395. The molecule has 4 aromatic rings. The number of carbonyl (C=O) groups is 1. The Bertz CT molecular complexity index is 1410. The minimum absolute atomic E-state index is 0.186. The van der Waals surface area contributed by atoms with Crippen LogP contribution in [0.3, 0.4) is 0 Å². The van der Waals surface area contributed by atoms with Crippen molar-refractivity contribution in [3.8, 4) is 0 Å². The van der Waals surface area contributed by atoms with Crippen LogP contribution in [-0.2, 0) is 14.8 Å². The number of nitrogens with one attached hydrogen (secondary N) is 2. The average molecular weight is 494 g/mol. The number of hydrogen-bond donors (Lipinski definition) is 2. The zero-order chi connectivity index (χ0) is 23.5. The summed E-state index contributed by atoms with van der Waals surface area (Å²) in [7, 11) is -3.81. The summed E-state index contributed by atoms with van der Waals surface area (Å²) < 4.78 is 33.9. The zero-order valence-corrected chi connectivity index (χ0v) is 19.9. The maximum Gasteiger partial charge on any atom is 0.271 e. The van der Waals surface area contributed by atoms with E-state index in [2.05, 4.69) is 14.9 Å². The molecule has 0 atom stereocenters. The smallest absolute Gasteiger partial charge is 0.271 e. The monoisotopic (exact) mass is 493 g/mol. The average Bonchev–Trinajstić information content (AvgIpc) is 3.41. The minimum atomic E-state index is -3.81. The van der Waals surface area contributed by atoms with Crippen molar-refractivity contribution in [1.82, 2.24) is 0 Å². The Morgan fingerprint density at radius 2 is 1.62 bits per heavy atom. The van der Waals surface area contributed by atoms with Crippen molar-refractivity contribution in [2.24, 2.45) is 0 Å². The minimum Gasteiger partial charge on any atom is -0.378 e. The summed E-state index contributed by atoms with van der Waals surface area (Å²) in [5.41, 5.74) is 2.17. The van der Waals surface area contributed by atoms with Gasteiger partial charge >= 0.3 is 0 Å². The standard InChI is InChI=1S/C25H23N3O4S2/c29-25(26-20-7-9-21(10-8-20)28-11-13-32-14-12-28)22-16-18-4-1-2-5-19(18)17-23(22)27-34(30,31)24-6-3-15-33-24/h1-10,15-17,27H,11-14H2,(H,26,29). The van der Waals surface area contributed by atoms with E-state index in [0.29, 0.717) is 18.9 Å². The van der Waals surface area contributed by atoms with E-state index in [1.807, 2.05) is 48.5 Å². The number of sulfonamides is 1. The molecular weight excluding hydrogens is 470 g/mol. The van der Waals surface area contributed by atoms with Crippen LogP contribution in [0, 0.1) is 0 Å². The highest BCUT2D eigenvalue weighted by Crippen LogP contribution is 2.29. The van der Waals surface area contributed by atoms with Gasteiger partial charge in [-0.3, -0.25) is 9.52 Å². The van der Waals surface area contributed by atoms with Gasteiger partial charge in [0, 0.05) is 24.5 Å². The Hall–Kier alpha value is -3.40. The zero-order valence-electron chi connectivity index (χ0n) is 18.2. The molecule has 2 heterocycles. The quantitative estimate of drug-likeness (QED) is 0.403. The van der Waals surface area contributed by atoms with Gasteiger partial charge in [-0.05, 0) is 58.6 Å². The van der Waals surface area contributed by atoms with Crippen LogP contribution in [0.1, 0.15) is 10.4 Å². The molecule has 0 radical (unpaired) electrons. The molecule has 1 saturated heterocycles. The number of anilines is 3. The number of nitrogens with zero attached hydrogens (tertiary/aromatic N) is 1. The molecule has 7 nitrogen and oxygen atoms in total. The molecule has 1 amide bonds. The highest BCUT2D eigenvalue weighted by atomic mass is 32.2. The molecule has 174 valence electrons. The highest BCUT2D eigenvalue weighted by molar-refractivity contribution is 7.94. The summed E-state index contributed by atoms with van der Waals surface area (Å²) in [6, 6.07) is 21.7. The van der Waals surface area contributed by atoms with Crippen LogP contribution in [0.2, 0.25) is 0 Å². The van der Waals surface area contributed by atoms with Gasteiger partial charge in [0.25, 0.3) is 15.9 Å². The third-order valence-corrected chi connectivity index (χ3v) is 8.40. The molecule has 34 heavy (non-hydrogen) atoms. The van der Waals surface area contributed by atoms with Crippen LogP contribution in [0.5, 0.6) is 0 Å². The first-order valence-corrected chi connectivity index (χ1v) is 13.2. The molecule has 1 aliphatic rings. The number of fused-ring (bicyclic) bond motifs is 1. The van der Waals surface area contributed by atoms with E-state index in [9.17, 15) is 13.2 Å². The Kier molecular flexibility index (Phi) is 6.23. The number of amides is 1. The van der Waals surface area contributed by atoms with Gasteiger partial charge in [-0.15, -0.1) is 11.3 Å². The maximum absolute atomic E-state index is 13.3. The van der Waals surface area contributed by atoms with Gasteiger partial charge in [0.2, 0.25) is 0 Å². The van der Waals surface area contributed by atoms with E-state index in [4.69, 9.17) is 4.74 Å². The number of morpholine rings is 1. The second-order valence-corrected chi connectivity index (χ2v) is 10.7. The molecule has 1 fully saturated rings. The molecule has 0 aliphatic carbocycles. The maximum atomic E-state index is 13.3. The lowest BCUT2D eigenvalue weighted by atomic mass is 10.0.